The van der Waals surface area contributed by atoms with Gasteiger partial charge in [-0.1, -0.05) is 42.5 Å². The summed E-state index contributed by atoms with van der Waals surface area (Å²) in [7, 11) is 0. The third kappa shape index (κ3) is 1.65. The second kappa shape index (κ2) is 4.18. The zero-order valence-electron chi connectivity index (χ0n) is 10.2. The van der Waals surface area contributed by atoms with Gasteiger partial charge in [0.25, 0.3) is 0 Å². The van der Waals surface area contributed by atoms with Crippen molar-refractivity contribution >= 4 is 32.2 Å². The zero-order valence-corrected chi connectivity index (χ0v) is 11.0. The molecule has 0 fully saturated rings. The number of hydrogen-bond acceptors (Lipinski definition) is 2. The number of pyridine rings is 1. The lowest BCUT2D eigenvalue weighted by Crippen LogP contribution is -1.84. The molecule has 4 rings (SSSR count). The summed E-state index contributed by atoms with van der Waals surface area (Å²) < 4.78 is 1.31. The molecule has 2 aromatic heterocycles. The quantitative estimate of drug-likeness (QED) is 0.463. The van der Waals surface area contributed by atoms with E-state index in [4.69, 9.17) is 0 Å². The van der Waals surface area contributed by atoms with Crippen LogP contribution in [0, 0.1) is 0 Å². The molecule has 0 aliphatic heterocycles. The Bertz CT molecular complexity index is 871. The largest absolute Gasteiger partial charge is 0.256 e. The highest BCUT2D eigenvalue weighted by molar-refractivity contribution is 7.17. The third-order valence-electron chi connectivity index (χ3n) is 3.41. The van der Waals surface area contributed by atoms with Gasteiger partial charge in [-0.2, -0.15) is 0 Å². The Hall–Kier alpha value is -2.19. The molecule has 0 atom stereocenters. The topological polar surface area (TPSA) is 12.9 Å². The molecule has 19 heavy (non-hydrogen) atoms. The van der Waals surface area contributed by atoms with Crippen molar-refractivity contribution in [1.29, 1.82) is 0 Å². The Labute approximate surface area is 115 Å². The predicted molar refractivity (Wildman–Crippen MR) is 82.6 cm³/mol. The smallest absolute Gasteiger partial charge is 0.0794 e. The Morgan fingerprint density at radius 3 is 2.53 bits per heavy atom. The van der Waals surface area contributed by atoms with Gasteiger partial charge in [-0.25, -0.2) is 0 Å². The van der Waals surface area contributed by atoms with Gasteiger partial charge >= 0.3 is 0 Å². The first-order valence-electron chi connectivity index (χ1n) is 6.24. The van der Waals surface area contributed by atoms with Gasteiger partial charge in [0.15, 0.2) is 0 Å². The predicted octanol–water partition coefficient (Wildman–Crippen LogP) is 5.12. The molecule has 90 valence electrons. The summed E-state index contributed by atoms with van der Waals surface area (Å²) in [6.07, 6.45) is 1.89. The minimum atomic E-state index is 1.08. The molecular weight excluding hydrogens is 250 g/mol. The summed E-state index contributed by atoms with van der Waals surface area (Å²) in [5, 5.41) is 5.95. The molecule has 0 N–H and O–H groups in total. The van der Waals surface area contributed by atoms with E-state index < -0.39 is 0 Å². The van der Waals surface area contributed by atoms with Crippen LogP contribution in [0.5, 0.6) is 0 Å². The molecular formula is C17H11NS. The number of fused-ring (bicyclic) bond motifs is 2. The van der Waals surface area contributed by atoms with Crippen LogP contribution in [0.25, 0.3) is 32.1 Å². The zero-order chi connectivity index (χ0) is 12.7. The molecule has 2 heteroatoms. The molecule has 0 spiro atoms. The minimum Gasteiger partial charge on any atom is -0.256 e. The van der Waals surface area contributed by atoms with E-state index in [0.717, 1.165) is 5.69 Å². The van der Waals surface area contributed by atoms with Crippen molar-refractivity contribution in [3.05, 3.63) is 66.2 Å². The van der Waals surface area contributed by atoms with Gasteiger partial charge in [-0.05, 0) is 17.5 Å². The number of thiophene rings is 1. The molecule has 0 radical (unpaired) electrons. The Morgan fingerprint density at radius 2 is 1.58 bits per heavy atom. The highest BCUT2D eigenvalue weighted by Crippen LogP contribution is 2.35. The fourth-order valence-corrected chi connectivity index (χ4v) is 3.44. The number of aromatic nitrogens is 1. The molecule has 0 unspecified atom stereocenters. The van der Waals surface area contributed by atoms with Crippen LogP contribution in [-0.2, 0) is 0 Å². The highest BCUT2D eigenvalue weighted by Gasteiger charge is 2.09. The maximum Gasteiger partial charge on any atom is 0.0794 e. The lowest BCUT2D eigenvalue weighted by atomic mass is 10.0. The molecule has 0 aliphatic rings. The summed E-state index contributed by atoms with van der Waals surface area (Å²) in [5.74, 6) is 0. The Morgan fingerprint density at radius 1 is 0.789 bits per heavy atom. The molecule has 0 bridgehead atoms. The lowest BCUT2D eigenvalue weighted by Gasteiger charge is -2.04. The average molecular weight is 261 g/mol. The molecule has 0 aliphatic carbocycles. The van der Waals surface area contributed by atoms with Crippen molar-refractivity contribution in [2.24, 2.45) is 0 Å². The normalized spacial score (nSPS) is 11.2. The van der Waals surface area contributed by atoms with Crippen molar-refractivity contribution in [3.8, 4) is 11.3 Å². The van der Waals surface area contributed by atoms with Crippen molar-refractivity contribution in [2.75, 3.05) is 0 Å². The van der Waals surface area contributed by atoms with Crippen LogP contribution in [0.15, 0.2) is 66.2 Å². The summed E-state index contributed by atoms with van der Waals surface area (Å²) in [5.41, 5.74) is 2.31. The molecule has 0 saturated heterocycles. The van der Waals surface area contributed by atoms with E-state index in [1.54, 1.807) is 11.3 Å². The van der Waals surface area contributed by atoms with Gasteiger partial charge in [0.05, 0.1) is 5.69 Å². The fraction of sp³-hybridized carbons (Fsp3) is 0. The molecule has 1 nitrogen and oxygen atoms in total. The number of benzene rings is 2. The van der Waals surface area contributed by atoms with E-state index in [-0.39, 0.29) is 0 Å². The number of nitrogens with zero attached hydrogens (tertiary/aromatic N) is 1. The molecule has 2 heterocycles. The SMILES string of the molecule is c1ccc2c(-c3csc4ccccc34)nccc2c1. The molecule has 4 aromatic rings. The Balaban J connectivity index is 2.10. The second-order valence-corrected chi connectivity index (χ2v) is 5.44. The summed E-state index contributed by atoms with van der Waals surface area (Å²) in [6.45, 7) is 0. The van der Waals surface area contributed by atoms with Gasteiger partial charge in [-0.3, -0.25) is 4.98 Å². The van der Waals surface area contributed by atoms with Crippen molar-refractivity contribution in [3.63, 3.8) is 0 Å². The maximum atomic E-state index is 4.61. The minimum absolute atomic E-state index is 1.08. The van der Waals surface area contributed by atoms with E-state index >= 15 is 0 Å². The van der Waals surface area contributed by atoms with Crippen LogP contribution >= 0.6 is 11.3 Å². The van der Waals surface area contributed by atoms with Gasteiger partial charge < -0.3 is 0 Å². The van der Waals surface area contributed by atoms with Gasteiger partial charge in [-0.15, -0.1) is 11.3 Å². The van der Waals surface area contributed by atoms with E-state index in [2.05, 4.69) is 65.0 Å². The van der Waals surface area contributed by atoms with E-state index in [0.29, 0.717) is 0 Å². The Kier molecular flexibility index (Phi) is 2.35. The van der Waals surface area contributed by atoms with Crippen LogP contribution in [0.1, 0.15) is 0 Å². The first-order chi connectivity index (χ1) is 9.43. The van der Waals surface area contributed by atoms with Gasteiger partial charge in [0, 0.05) is 32.6 Å². The monoisotopic (exact) mass is 261 g/mol. The third-order valence-corrected chi connectivity index (χ3v) is 4.37. The van der Waals surface area contributed by atoms with E-state index in [9.17, 15) is 0 Å². The number of hydrogen-bond donors (Lipinski definition) is 0. The van der Waals surface area contributed by atoms with Crippen LogP contribution in [0.3, 0.4) is 0 Å². The second-order valence-electron chi connectivity index (χ2n) is 4.53. The average Bonchev–Trinajstić information content (AvgIpc) is 2.90. The first-order valence-corrected chi connectivity index (χ1v) is 7.12. The van der Waals surface area contributed by atoms with Crippen molar-refractivity contribution in [2.45, 2.75) is 0 Å². The standard InChI is InChI=1S/C17H11NS/c1-2-6-13-12(5-1)9-10-18-17(13)15-11-19-16-8-4-3-7-14(15)16/h1-11H. The lowest BCUT2D eigenvalue weighted by molar-refractivity contribution is 1.37. The summed E-state index contributed by atoms with van der Waals surface area (Å²) in [6, 6.07) is 19.0. The maximum absolute atomic E-state index is 4.61. The molecule has 0 saturated carbocycles. The highest BCUT2D eigenvalue weighted by atomic mass is 32.1. The van der Waals surface area contributed by atoms with Crippen LogP contribution in [0.2, 0.25) is 0 Å². The molecule has 2 aromatic carbocycles. The fourth-order valence-electron chi connectivity index (χ4n) is 2.50. The van der Waals surface area contributed by atoms with Gasteiger partial charge in [0.2, 0.25) is 0 Å². The first kappa shape index (κ1) is 10.7. The number of rotatable bonds is 1. The van der Waals surface area contributed by atoms with E-state index in [1.807, 2.05) is 6.20 Å². The van der Waals surface area contributed by atoms with E-state index in [1.165, 1.54) is 26.4 Å². The summed E-state index contributed by atoms with van der Waals surface area (Å²) >= 11 is 1.78. The molecule has 0 amide bonds. The summed E-state index contributed by atoms with van der Waals surface area (Å²) in [4.78, 5) is 4.61. The van der Waals surface area contributed by atoms with Crippen molar-refractivity contribution in [1.82, 2.24) is 4.98 Å². The van der Waals surface area contributed by atoms with Crippen molar-refractivity contribution < 1.29 is 0 Å². The van der Waals surface area contributed by atoms with Gasteiger partial charge in [0.1, 0.15) is 0 Å². The van der Waals surface area contributed by atoms with Crippen LogP contribution < -0.4 is 0 Å². The van der Waals surface area contributed by atoms with Crippen LogP contribution in [-0.4, -0.2) is 4.98 Å². The van der Waals surface area contributed by atoms with Crippen LogP contribution in [0.4, 0.5) is 0 Å².